The number of aliphatic hydroxyl groups excluding tert-OH is 1. The lowest BCUT2D eigenvalue weighted by atomic mass is 10.3. The van der Waals surface area contributed by atoms with Crippen molar-refractivity contribution in [3.05, 3.63) is 12.2 Å². The van der Waals surface area contributed by atoms with Crippen LogP contribution in [0.15, 0.2) is 12.2 Å². The van der Waals surface area contributed by atoms with Gasteiger partial charge in [-0.2, -0.15) is 0 Å². The van der Waals surface area contributed by atoms with E-state index in [0.29, 0.717) is 6.61 Å². The Balaban J connectivity index is 2.44. The van der Waals surface area contributed by atoms with E-state index >= 15 is 0 Å². The van der Waals surface area contributed by atoms with Crippen molar-refractivity contribution in [1.82, 2.24) is 0 Å². The third kappa shape index (κ3) is 1.51. The highest BCUT2D eigenvalue weighted by atomic mass is 16.7. The molecule has 0 aliphatic carbocycles. The van der Waals surface area contributed by atoms with Gasteiger partial charge in [0.15, 0.2) is 6.29 Å². The highest BCUT2D eigenvalue weighted by molar-refractivity contribution is 4.94. The van der Waals surface area contributed by atoms with Crippen molar-refractivity contribution in [3.8, 4) is 0 Å². The molecule has 0 aromatic carbocycles. The molecule has 52 valence electrons. The molecule has 9 heavy (non-hydrogen) atoms. The third-order valence-corrected chi connectivity index (χ3v) is 1.20. The van der Waals surface area contributed by atoms with Crippen molar-refractivity contribution >= 4 is 0 Å². The van der Waals surface area contributed by atoms with Crippen LogP contribution in [0.3, 0.4) is 0 Å². The van der Waals surface area contributed by atoms with E-state index in [4.69, 9.17) is 14.6 Å². The van der Waals surface area contributed by atoms with Gasteiger partial charge in [-0.25, -0.2) is 0 Å². The van der Waals surface area contributed by atoms with Crippen LogP contribution >= 0.6 is 0 Å². The lowest BCUT2D eigenvalue weighted by molar-refractivity contribution is -0.166. The normalized spacial score (nSPS) is 34.9. The summed E-state index contributed by atoms with van der Waals surface area (Å²) in [7, 11) is 1.51. The van der Waals surface area contributed by atoms with Crippen molar-refractivity contribution in [2.75, 3.05) is 13.7 Å². The van der Waals surface area contributed by atoms with Crippen molar-refractivity contribution in [2.24, 2.45) is 0 Å². The first kappa shape index (κ1) is 6.74. The van der Waals surface area contributed by atoms with Crippen molar-refractivity contribution in [3.63, 3.8) is 0 Å². The smallest absolute Gasteiger partial charge is 0.187 e. The monoisotopic (exact) mass is 130 g/mol. The number of aliphatic hydroxyl groups is 1. The van der Waals surface area contributed by atoms with Gasteiger partial charge in [0.05, 0.1) is 6.61 Å². The second kappa shape index (κ2) is 2.96. The van der Waals surface area contributed by atoms with Crippen LogP contribution in [0.4, 0.5) is 0 Å². The van der Waals surface area contributed by atoms with Gasteiger partial charge in [0.1, 0.15) is 6.10 Å². The van der Waals surface area contributed by atoms with Crippen LogP contribution in [-0.4, -0.2) is 31.2 Å². The first-order valence-electron chi connectivity index (χ1n) is 2.83. The van der Waals surface area contributed by atoms with Crippen LogP contribution < -0.4 is 0 Å². The Morgan fingerprint density at radius 2 is 2.56 bits per heavy atom. The zero-order valence-electron chi connectivity index (χ0n) is 5.28. The van der Waals surface area contributed by atoms with Gasteiger partial charge in [-0.3, -0.25) is 0 Å². The topological polar surface area (TPSA) is 38.7 Å². The summed E-state index contributed by atoms with van der Waals surface area (Å²) >= 11 is 0. The minimum Gasteiger partial charge on any atom is -0.384 e. The molecule has 0 spiro atoms. The van der Waals surface area contributed by atoms with E-state index in [0.717, 1.165) is 0 Å². The first-order valence-corrected chi connectivity index (χ1v) is 2.83. The summed E-state index contributed by atoms with van der Waals surface area (Å²) in [4.78, 5) is 0. The highest BCUT2D eigenvalue weighted by Gasteiger charge is 2.18. The van der Waals surface area contributed by atoms with E-state index in [1.807, 2.05) is 0 Å². The summed E-state index contributed by atoms with van der Waals surface area (Å²) in [6.45, 7) is 0.523. The zero-order chi connectivity index (χ0) is 6.69. The largest absolute Gasteiger partial charge is 0.384 e. The summed E-state index contributed by atoms with van der Waals surface area (Å²) in [5.41, 5.74) is 0. The number of ether oxygens (including phenoxy) is 2. The molecule has 0 radical (unpaired) electrons. The van der Waals surface area contributed by atoms with E-state index < -0.39 is 12.4 Å². The Morgan fingerprint density at radius 1 is 1.78 bits per heavy atom. The number of methoxy groups -OCH3 is 1. The molecule has 1 rings (SSSR count). The summed E-state index contributed by atoms with van der Waals surface area (Å²) in [5.74, 6) is 0. The Labute approximate surface area is 53.9 Å². The van der Waals surface area contributed by atoms with Gasteiger partial charge >= 0.3 is 0 Å². The van der Waals surface area contributed by atoms with Crippen LogP contribution in [0.1, 0.15) is 0 Å². The Morgan fingerprint density at radius 3 is 3.00 bits per heavy atom. The maximum Gasteiger partial charge on any atom is 0.187 e. The van der Waals surface area contributed by atoms with E-state index in [-0.39, 0.29) is 0 Å². The van der Waals surface area contributed by atoms with E-state index in [9.17, 15) is 0 Å². The van der Waals surface area contributed by atoms with Gasteiger partial charge in [0.25, 0.3) is 0 Å². The molecule has 0 aromatic rings. The second-order valence-corrected chi connectivity index (χ2v) is 1.86. The fourth-order valence-electron chi connectivity index (χ4n) is 0.742. The zero-order valence-corrected chi connectivity index (χ0v) is 5.28. The van der Waals surface area contributed by atoms with E-state index in [1.165, 1.54) is 7.11 Å². The summed E-state index contributed by atoms with van der Waals surface area (Å²) in [6, 6.07) is 0. The van der Waals surface area contributed by atoms with Gasteiger partial charge in [-0.05, 0) is 0 Å². The van der Waals surface area contributed by atoms with Crippen molar-refractivity contribution < 1.29 is 14.6 Å². The third-order valence-electron chi connectivity index (χ3n) is 1.20. The SMILES string of the molecule is CO[C@@H]1OCC=C[C@H]1O. The van der Waals surface area contributed by atoms with E-state index in [1.54, 1.807) is 12.2 Å². The van der Waals surface area contributed by atoms with Gasteiger partial charge < -0.3 is 14.6 Å². The Hall–Kier alpha value is -0.380. The molecule has 1 heterocycles. The van der Waals surface area contributed by atoms with Crippen LogP contribution in [0.5, 0.6) is 0 Å². The summed E-state index contributed by atoms with van der Waals surface area (Å²) in [6.07, 6.45) is 2.34. The first-order chi connectivity index (χ1) is 4.34. The molecular formula is C6H10O3. The molecule has 1 N–H and O–H groups in total. The Kier molecular flexibility index (Phi) is 2.22. The summed E-state index contributed by atoms with van der Waals surface area (Å²) < 4.78 is 9.76. The molecule has 3 heteroatoms. The number of rotatable bonds is 1. The van der Waals surface area contributed by atoms with Gasteiger partial charge in [0.2, 0.25) is 0 Å². The molecule has 0 bridgehead atoms. The lowest BCUT2D eigenvalue weighted by Gasteiger charge is -2.21. The minimum absolute atomic E-state index is 0.477. The molecule has 0 saturated carbocycles. The predicted molar refractivity (Wildman–Crippen MR) is 31.9 cm³/mol. The molecular weight excluding hydrogens is 120 g/mol. The maximum atomic E-state index is 9.03. The van der Waals surface area contributed by atoms with Gasteiger partial charge in [-0.15, -0.1) is 0 Å². The van der Waals surface area contributed by atoms with Crippen molar-refractivity contribution in [2.45, 2.75) is 12.4 Å². The summed E-state index contributed by atoms with van der Waals surface area (Å²) in [5, 5.41) is 9.03. The lowest BCUT2D eigenvalue weighted by Crippen LogP contribution is -2.31. The molecule has 3 nitrogen and oxygen atoms in total. The number of hydrogen-bond acceptors (Lipinski definition) is 3. The maximum absolute atomic E-state index is 9.03. The molecule has 0 amide bonds. The van der Waals surface area contributed by atoms with Crippen LogP contribution in [0.25, 0.3) is 0 Å². The fourth-order valence-corrected chi connectivity index (χ4v) is 0.742. The second-order valence-electron chi connectivity index (χ2n) is 1.86. The molecule has 0 saturated heterocycles. The van der Waals surface area contributed by atoms with Crippen LogP contribution in [0.2, 0.25) is 0 Å². The van der Waals surface area contributed by atoms with Crippen molar-refractivity contribution in [1.29, 1.82) is 0 Å². The van der Waals surface area contributed by atoms with E-state index in [2.05, 4.69) is 0 Å². The average molecular weight is 130 g/mol. The molecule has 0 unspecified atom stereocenters. The average Bonchev–Trinajstić information content (AvgIpc) is 1.89. The van der Waals surface area contributed by atoms with Gasteiger partial charge in [0, 0.05) is 7.11 Å². The fraction of sp³-hybridized carbons (Fsp3) is 0.667. The highest BCUT2D eigenvalue weighted by Crippen LogP contribution is 2.06. The molecule has 0 aromatic heterocycles. The molecule has 1 aliphatic rings. The molecule has 1 aliphatic heterocycles. The Bertz CT molecular complexity index is 111. The van der Waals surface area contributed by atoms with Crippen LogP contribution in [-0.2, 0) is 9.47 Å². The standard InChI is InChI=1S/C6H10O3/c1-8-6-5(7)3-2-4-9-6/h2-3,5-7H,4H2,1H3/t5-,6-/m1/s1. The molecule has 0 fully saturated rings. The number of hydrogen-bond donors (Lipinski definition) is 1. The van der Waals surface area contributed by atoms with Crippen LogP contribution in [0, 0.1) is 0 Å². The molecule has 2 atom stereocenters. The van der Waals surface area contributed by atoms with Gasteiger partial charge in [-0.1, -0.05) is 12.2 Å². The minimum atomic E-state index is -0.608. The predicted octanol–water partition coefficient (Wildman–Crippen LogP) is -0.0938. The quantitative estimate of drug-likeness (QED) is 0.504.